The zero-order valence-corrected chi connectivity index (χ0v) is 31.9. The summed E-state index contributed by atoms with van der Waals surface area (Å²) >= 11 is 0. The molecule has 9 aromatic rings. The third-order valence-electron chi connectivity index (χ3n) is 11.1. The maximum absolute atomic E-state index is 11.4. The van der Waals surface area contributed by atoms with E-state index in [0.717, 1.165) is 77.8 Å². The number of hydrogen-bond acceptors (Lipinski definition) is 6. The Bertz CT molecular complexity index is 2930. The van der Waals surface area contributed by atoms with Gasteiger partial charge < -0.3 is 23.4 Å². The molecule has 0 bridgehead atoms. The highest BCUT2D eigenvalue weighted by Gasteiger charge is 2.50. The largest absolute Gasteiger partial charge is 0.456 e. The summed E-state index contributed by atoms with van der Waals surface area (Å²) in [7, 11) is 0. The number of rotatable bonds is 6. The van der Waals surface area contributed by atoms with E-state index in [9.17, 15) is 5.26 Å². The Hall–Kier alpha value is -7.32. The predicted molar refractivity (Wildman–Crippen MR) is 228 cm³/mol. The minimum absolute atomic E-state index is 0.222. The van der Waals surface area contributed by atoms with Crippen LogP contribution in [0.15, 0.2) is 154 Å². The molecule has 7 nitrogen and oxygen atoms in total. The van der Waals surface area contributed by atoms with Crippen molar-refractivity contribution < 1.29 is 13.6 Å². The molecule has 0 aliphatic carbocycles. The fourth-order valence-electron chi connectivity index (χ4n) is 8.96. The van der Waals surface area contributed by atoms with E-state index in [2.05, 4.69) is 57.1 Å². The summed E-state index contributed by atoms with van der Waals surface area (Å²) in [5.74, 6) is 0. The first kappa shape index (κ1) is 34.2. The smallest absolute Gasteiger partial charge is 0.230 e. The van der Waals surface area contributed by atoms with Crippen molar-refractivity contribution in [1.82, 2.24) is 0 Å². The van der Waals surface area contributed by atoms with E-state index in [1.165, 1.54) is 0 Å². The van der Waals surface area contributed by atoms with Crippen LogP contribution in [0.2, 0.25) is 0 Å². The maximum Gasteiger partial charge on any atom is 0.230 e. The second-order valence-corrected chi connectivity index (χ2v) is 15.4. The van der Waals surface area contributed by atoms with Gasteiger partial charge in [-0.05, 0) is 88.4 Å². The minimum Gasteiger partial charge on any atom is -0.456 e. The van der Waals surface area contributed by atoms with Gasteiger partial charge in [-0.25, -0.2) is 4.85 Å². The van der Waals surface area contributed by atoms with E-state index in [1.807, 2.05) is 137 Å². The highest BCUT2D eigenvalue weighted by molar-refractivity contribution is 6.08. The Morgan fingerprint density at radius 3 is 1.40 bits per heavy atom. The second kappa shape index (κ2) is 12.6. The van der Waals surface area contributed by atoms with Gasteiger partial charge in [0.2, 0.25) is 5.69 Å². The Labute approximate surface area is 330 Å². The lowest BCUT2D eigenvalue weighted by Crippen LogP contribution is -2.24. The van der Waals surface area contributed by atoms with Crippen LogP contribution < -0.4 is 9.80 Å². The molecule has 0 atom stereocenters. The number of hydrogen-bond donors (Lipinski definition) is 0. The van der Waals surface area contributed by atoms with Crippen molar-refractivity contribution in [3.63, 3.8) is 0 Å². The quantitative estimate of drug-likeness (QED) is 0.158. The minimum atomic E-state index is -0.892. The monoisotopic (exact) mass is 740 g/mol. The topological polar surface area (TPSA) is 70.1 Å². The molecule has 10 rings (SSSR count). The molecule has 0 spiro atoms. The predicted octanol–water partition coefficient (Wildman–Crippen LogP) is 14.3. The lowest BCUT2D eigenvalue weighted by molar-refractivity contribution is -0.104. The number of para-hydroxylation sites is 4. The summed E-state index contributed by atoms with van der Waals surface area (Å²) in [6, 6.07) is 50.8. The third kappa shape index (κ3) is 5.21. The summed E-state index contributed by atoms with van der Waals surface area (Å²) in [5, 5.41) is 15.5. The van der Waals surface area contributed by atoms with Crippen LogP contribution in [-0.2, 0) is 15.9 Å². The van der Waals surface area contributed by atoms with Crippen LogP contribution >= 0.6 is 0 Å². The van der Waals surface area contributed by atoms with Crippen molar-refractivity contribution in [2.75, 3.05) is 9.80 Å². The highest BCUT2D eigenvalue weighted by Crippen LogP contribution is 2.62. The first-order valence-corrected chi connectivity index (χ1v) is 18.9. The second-order valence-electron chi connectivity index (χ2n) is 15.4. The van der Waals surface area contributed by atoms with Crippen molar-refractivity contribution in [2.45, 2.75) is 38.9 Å². The van der Waals surface area contributed by atoms with Crippen LogP contribution in [0.25, 0.3) is 48.7 Å². The van der Waals surface area contributed by atoms with Crippen LogP contribution in [0.3, 0.4) is 0 Å². The van der Waals surface area contributed by atoms with E-state index >= 15 is 0 Å². The molecule has 274 valence electrons. The molecule has 1 aliphatic rings. The molecule has 1 aliphatic heterocycles. The molecule has 0 saturated heterocycles. The Balaban J connectivity index is 1.31. The molecule has 0 saturated carbocycles. The summed E-state index contributed by atoms with van der Waals surface area (Å²) < 4.78 is 19.9. The van der Waals surface area contributed by atoms with Crippen LogP contribution in [-0.4, -0.2) is 0 Å². The lowest BCUT2D eigenvalue weighted by atomic mass is 9.83. The molecular formula is C50H36N4O3. The first-order valence-electron chi connectivity index (χ1n) is 18.9. The van der Waals surface area contributed by atoms with Crippen LogP contribution in [0.5, 0.6) is 0 Å². The van der Waals surface area contributed by atoms with Gasteiger partial charge in [0.05, 0.1) is 40.8 Å². The van der Waals surface area contributed by atoms with Gasteiger partial charge in [-0.1, -0.05) is 72.8 Å². The average molecular weight is 741 g/mol. The molecule has 0 N–H and O–H groups in total. The van der Waals surface area contributed by atoms with Gasteiger partial charge in [-0.2, -0.15) is 5.26 Å². The molecular weight excluding hydrogens is 705 g/mol. The molecule has 7 heteroatoms. The first-order chi connectivity index (χ1) is 27.7. The Kier molecular flexibility index (Phi) is 7.56. The van der Waals surface area contributed by atoms with Gasteiger partial charge in [-0.3, -0.25) is 0 Å². The number of furan rings is 2. The molecule has 0 fully saturated rings. The van der Waals surface area contributed by atoms with Crippen molar-refractivity contribution in [3.8, 4) is 6.07 Å². The molecule has 7 aromatic carbocycles. The van der Waals surface area contributed by atoms with Crippen LogP contribution in [0.1, 0.15) is 44.4 Å². The van der Waals surface area contributed by atoms with Gasteiger partial charge in [0.15, 0.2) is 0 Å². The summed E-state index contributed by atoms with van der Waals surface area (Å²) in [6.45, 7) is 17.1. The van der Waals surface area contributed by atoms with Crippen molar-refractivity contribution >= 4 is 83.7 Å². The zero-order chi connectivity index (χ0) is 39.1. The molecule has 0 radical (unpaired) electrons. The van der Waals surface area contributed by atoms with E-state index in [1.54, 1.807) is 0 Å². The van der Waals surface area contributed by atoms with Gasteiger partial charge in [0.25, 0.3) is 0 Å². The Morgan fingerprint density at radius 2 is 0.930 bits per heavy atom. The third-order valence-corrected chi connectivity index (χ3v) is 11.1. The van der Waals surface area contributed by atoms with Crippen molar-refractivity contribution in [1.29, 1.82) is 5.26 Å². The number of fused-ring (bicyclic) bond motifs is 7. The molecule has 0 amide bonds. The summed E-state index contributed by atoms with van der Waals surface area (Å²) in [5.41, 5.74) is 7.79. The molecule has 0 unspecified atom stereocenters. The van der Waals surface area contributed by atoms with E-state index in [4.69, 9.17) is 20.1 Å². The summed E-state index contributed by atoms with van der Waals surface area (Å²) in [6.07, 6.45) is 0. The van der Waals surface area contributed by atoms with E-state index in [0.29, 0.717) is 11.4 Å². The van der Waals surface area contributed by atoms with E-state index in [-0.39, 0.29) is 11.3 Å². The SMILES string of the molecule is [C-]#[N+]c1c(C#N)c(N(c2ccccc2)c2ccc3c(c2)oc2ccccc23)c2c(c1N(c1ccccc1)c1ccc3c(c1)oc1ccccc13)C(C)(C)OC2(C)C. The van der Waals surface area contributed by atoms with Crippen LogP contribution in [0, 0.1) is 17.9 Å². The number of nitrogens with zero attached hydrogens (tertiary/aromatic N) is 4. The molecule has 57 heavy (non-hydrogen) atoms. The molecule has 3 heterocycles. The summed E-state index contributed by atoms with van der Waals surface area (Å²) in [4.78, 5) is 8.44. The Morgan fingerprint density at radius 1 is 0.509 bits per heavy atom. The van der Waals surface area contributed by atoms with Gasteiger partial charge in [-0.15, -0.1) is 0 Å². The number of nitriles is 1. The van der Waals surface area contributed by atoms with Gasteiger partial charge in [0.1, 0.15) is 22.3 Å². The normalized spacial score (nSPS) is 14.1. The average Bonchev–Trinajstić information content (AvgIpc) is 3.84. The number of ether oxygens (including phenoxy) is 1. The van der Waals surface area contributed by atoms with Crippen LogP contribution in [0.4, 0.5) is 39.8 Å². The zero-order valence-electron chi connectivity index (χ0n) is 31.9. The van der Waals surface area contributed by atoms with E-state index < -0.39 is 11.2 Å². The molecule has 2 aromatic heterocycles. The number of anilines is 6. The van der Waals surface area contributed by atoms with Crippen molar-refractivity contribution in [2.24, 2.45) is 0 Å². The standard InChI is InChI=1S/C50H36N4O3/c1-49(2)44-45(50(3,4)57-49)48(54(32-18-10-7-11-19-32)34-25-27-38-36-21-13-15-23-41(36)56-43(38)29-34)46(52-5)39(30-51)47(44)53(31-16-8-6-9-17-31)33-24-26-37-35-20-12-14-22-40(35)55-42(37)28-33/h6-29H,1-4H3. The van der Waals surface area contributed by atoms with Gasteiger partial charge in [0, 0.05) is 67.6 Å². The highest BCUT2D eigenvalue weighted by atomic mass is 16.5. The fourth-order valence-corrected chi connectivity index (χ4v) is 8.96. The maximum atomic E-state index is 11.4. The van der Waals surface area contributed by atoms with Crippen molar-refractivity contribution in [3.05, 3.63) is 174 Å². The fraction of sp³-hybridized carbons (Fsp3) is 0.120. The van der Waals surface area contributed by atoms with Gasteiger partial charge >= 0.3 is 0 Å². The number of benzene rings is 7. The lowest BCUT2D eigenvalue weighted by Gasteiger charge is -2.35.